The van der Waals surface area contributed by atoms with E-state index in [1.807, 2.05) is 0 Å². The topological polar surface area (TPSA) is 175 Å². The lowest BCUT2D eigenvalue weighted by atomic mass is 9.66. The first kappa shape index (κ1) is 48.0. The predicted octanol–water partition coefficient (Wildman–Crippen LogP) is 11.0. The minimum absolute atomic E-state index is 0.0157. The maximum Gasteiger partial charge on any atom is 0.407 e. The Morgan fingerprint density at radius 2 is 1.24 bits per heavy atom. The standard InChI is InChI=1S/C61H70N8O6/c1-5-40-42-14-8-12-38-30-50(68(54(38)42)58(70)52(40)66-60(72)74-3)56-62-46-24-22-36(28-48(46)64-56)44-26-32-10-7-11-34(44)19-17-33-18-21-35(20-16-32)45(27-33)37-23-25-47-49(29-37)65-57(63-47)51-31-39-13-9-15-43-41(6-2)53(67-61(73)75-4)59(71)69(51)55(39)43/h10-11,18,21-29,38-43,50-55H,5-9,12-17,19-20,30-31H2,1-4H3,(H,62,64)(H,63,65)(H,66,72)(H,67,73)/t38-,39-,40+,41+,42?,43?,50-,51-,52-,53-,54?,55?/m0/s1. The van der Waals surface area contributed by atoms with Crippen molar-refractivity contribution in [3.63, 3.8) is 0 Å². The van der Waals surface area contributed by atoms with Gasteiger partial charge in [0.15, 0.2) is 0 Å². The minimum Gasteiger partial charge on any atom is -0.453 e. The summed E-state index contributed by atoms with van der Waals surface area (Å²) in [6.45, 7) is 4.27. The van der Waals surface area contributed by atoms with Crippen LogP contribution in [0.2, 0.25) is 0 Å². The van der Waals surface area contributed by atoms with Gasteiger partial charge in [0.2, 0.25) is 11.8 Å². The van der Waals surface area contributed by atoms with Gasteiger partial charge >= 0.3 is 12.2 Å². The van der Waals surface area contributed by atoms with E-state index in [0.717, 1.165) is 141 Å². The molecular formula is C61H70N8O6. The van der Waals surface area contributed by atoms with Crippen molar-refractivity contribution < 1.29 is 28.7 Å². The van der Waals surface area contributed by atoms with Gasteiger partial charge in [-0.15, -0.1) is 0 Å². The van der Waals surface area contributed by atoms with Gasteiger partial charge in [-0.3, -0.25) is 9.59 Å². The Morgan fingerprint density at radius 1 is 0.667 bits per heavy atom. The van der Waals surface area contributed by atoms with E-state index in [4.69, 9.17) is 19.4 Å². The number of H-pyrrole nitrogens is 2. The summed E-state index contributed by atoms with van der Waals surface area (Å²) in [4.78, 5) is 76.1. The molecule has 14 nitrogen and oxygen atoms in total. The number of aromatic nitrogens is 4. The Hall–Kier alpha value is -6.70. The van der Waals surface area contributed by atoms with Crippen LogP contribution >= 0.6 is 0 Å². The van der Waals surface area contributed by atoms with E-state index in [2.05, 4.69) is 117 Å². The molecular weight excluding hydrogens is 941 g/mol. The number of carbonyl (C=O) groups is 4. The lowest BCUT2D eigenvalue weighted by molar-refractivity contribution is -0.149. The first-order valence-electron chi connectivity index (χ1n) is 28.2. The molecule has 4 aliphatic heterocycles. The highest BCUT2D eigenvalue weighted by molar-refractivity contribution is 5.91. The van der Waals surface area contributed by atoms with Gasteiger partial charge in [-0.25, -0.2) is 19.6 Å². The highest BCUT2D eigenvalue weighted by atomic mass is 16.5. The molecule has 9 aliphatic rings. The molecule has 14 heteroatoms. The summed E-state index contributed by atoms with van der Waals surface area (Å²) in [6.07, 6.45) is 20.5. The van der Waals surface area contributed by atoms with E-state index in [0.29, 0.717) is 23.7 Å². The molecule has 6 heterocycles. The fourth-order valence-electron chi connectivity index (χ4n) is 16.2. The summed E-state index contributed by atoms with van der Waals surface area (Å²) >= 11 is 0. The van der Waals surface area contributed by atoms with E-state index in [-0.39, 0.29) is 47.8 Å². The molecule has 4 N–H and O–H groups in total. The van der Waals surface area contributed by atoms with Gasteiger partial charge in [0, 0.05) is 12.1 Å². The highest BCUT2D eigenvalue weighted by Gasteiger charge is 2.60. The Morgan fingerprint density at radius 3 is 1.81 bits per heavy atom. The van der Waals surface area contributed by atoms with Gasteiger partial charge in [-0.1, -0.05) is 93.7 Å². The molecule has 14 rings (SSSR count). The smallest absolute Gasteiger partial charge is 0.407 e. The molecule has 12 atom stereocenters. The van der Waals surface area contributed by atoms with Gasteiger partial charge in [0.25, 0.3) is 0 Å². The van der Waals surface area contributed by atoms with Gasteiger partial charge in [-0.2, -0.15) is 0 Å². The quantitative estimate of drug-likeness (QED) is 0.119. The first-order chi connectivity index (χ1) is 36.6. The zero-order valence-electron chi connectivity index (χ0n) is 43.7. The number of fused-ring (bicyclic) bond motifs is 6. The molecule has 4 amide bonds. The molecule has 75 heavy (non-hydrogen) atoms. The number of aromatic amines is 2. The van der Waals surface area contributed by atoms with Crippen molar-refractivity contribution in [2.75, 3.05) is 14.2 Å². The number of nitrogens with zero attached hydrogens (tertiary/aromatic N) is 4. The third kappa shape index (κ3) is 8.09. The third-order valence-electron chi connectivity index (χ3n) is 19.5. The minimum atomic E-state index is -0.609. The van der Waals surface area contributed by atoms with Crippen molar-refractivity contribution in [2.24, 2.45) is 35.5 Å². The van der Waals surface area contributed by atoms with Crippen LogP contribution in [0.3, 0.4) is 0 Å². The van der Waals surface area contributed by atoms with Crippen molar-refractivity contribution in [1.82, 2.24) is 40.4 Å². The van der Waals surface area contributed by atoms with Crippen molar-refractivity contribution in [2.45, 2.75) is 146 Å². The number of hydrogen-bond donors (Lipinski definition) is 4. The third-order valence-corrected chi connectivity index (χ3v) is 19.5. The Kier molecular flexibility index (Phi) is 12.2. The largest absolute Gasteiger partial charge is 0.453 e. The second-order valence-electron chi connectivity index (χ2n) is 23.1. The van der Waals surface area contributed by atoms with Crippen LogP contribution in [0.15, 0.2) is 84.0 Å². The number of nitrogens with one attached hydrogen (secondary N) is 4. The van der Waals surface area contributed by atoms with Crippen LogP contribution in [0.4, 0.5) is 9.59 Å². The van der Waals surface area contributed by atoms with Crippen LogP contribution in [-0.4, -0.2) is 92.1 Å². The number of alkyl carbamates (subject to hydrolysis) is 2. The molecule has 5 aromatic rings. The number of carbonyl (C=O) groups excluding carboxylic acids is 4. The van der Waals surface area contributed by atoms with E-state index >= 15 is 0 Å². The summed E-state index contributed by atoms with van der Waals surface area (Å²) in [5.74, 6) is 3.28. The van der Waals surface area contributed by atoms with Gasteiger partial charge in [-0.05, 0) is 169 Å². The second kappa shape index (κ2) is 19.1. The summed E-state index contributed by atoms with van der Waals surface area (Å²) < 4.78 is 10.0. The van der Waals surface area contributed by atoms with E-state index in [9.17, 15) is 19.2 Å². The Balaban J connectivity index is 0.762. The number of aryl methyl sites for hydroxylation is 2. The number of amides is 4. The normalized spacial score (nSPS) is 31.0. The summed E-state index contributed by atoms with van der Waals surface area (Å²) in [6, 6.07) is 18.9. The fraction of sp³-hybridized carbons (Fsp3) is 0.508. The average Bonchev–Trinajstić information content (AvgIpc) is 4.27. The predicted molar refractivity (Wildman–Crippen MR) is 287 cm³/mol. The molecule has 2 aromatic heterocycles. The maximum absolute atomic E-state index is 14.5. The second-order valence-corrected chi connectivity index (χ2v) is 23.1. The summed E-state index contributed by atoms with van der Waals surface area (Å²) in [7, 11) is 2.71. The Bertz CT molecular complexity index is 3220. The first-order valence-corrected chi connectivity index (χ1v) is 28.2. The molecule has 0 radical (unpaired) electrons. The molecule has 390 valence electrons. The van der Waals surface area contributed by atoms with E-state index in [1.165, 1.54) is 47.6 Å². The molecule has 4 saturated heterocycles. The van der Waals surface area contributed by atoms with Crippen LogP contribution < -0.4 is 10.6 Å². The average molecular weight is 1010 g/mol. The lowest BCUT2D eigenvalue weighted by Crippen LogP contribution is -2.64. The number of benzene rings is 3. The summed E-state index contributed by atoms with van der Waals surface area (Å²) in [5, 5.41) is 5.88. The van der Waals surface area contributed by atoms with Crippen molar-refractivity contribution in [3.05, 3.63) is 112 Å². The molecule has 3 aromatic carbocycles. The molecule has 4 unspecified atom stereocenters. The number of rotatable bonds is 8. The maximum atomic E-state index is 14.5. The van der Waals surface area contributed by atoms with Crippen molar-refractivity contribution in [1.29, 1.82) is 0 Å². The van der Waals surface area contributed by atoms with Crippen LogP contribution in [-0.2, 0) is 31.9 Å². The number of piperidine rings is 2. The number of methoxy groups -OCH3 is 2. The molecule has 0 spiro atoms. The van der Waals surface area contributed by atoms with Crippen LogP contribution in [0.5, 0.6) is 0 Å². The monoisotopic (exact) mass is 1010 g/mol. The van der Waals surface area contributed by atoms with Crippen molar-refractivity contribution in [3.8, 4) is 11.1 Å². The van der Waals surface area contributed by atoms with Gasteiger partial charge in [0.1, 0.15) is 23.7 Å². The van der Waals surface area contributed by atoms with E-state index in [1.54, 1.807) is 0 Å². The molecule has 2 saturated carbocycles. The van der Waals surface area contributed by atoms with Crippen molar-refractivity contribution >= 4 is 51.6 Å². The zero-order valence-corrected chi connectivity index (χ0v) is 43.7. The van der Waals surface area contributed by atoms with Gasteiger partial charge < -0.3 is 39.9 Å². The highest BCUT2D eigenvalue weighted by Crippen LogP contribution is 2.56. The number of allylic oxidation sites excluding steroid dienone is 6. The fourth-order valence-corrected chi connectivity index (χ4v) is 16.2. The molecule has 6 fully saturated rings. The van der Waals surface area contributed by atoms with Crippen LogP contribution in [0.25, 0.3) is 38.8 Å². The van der Waals surface area contributed by atoms with Crippen LogP contribution in [0.1, 0.15) is 138 Å². The van der Waals surface area contributed by atoms with E-state index < -0.39 is 24.3 Å². The molecule has 4 bridgehead atoms. The number of hydrogen-bond acceptors (Lipinski definition) is 8. The van der Waals surface area contributed by atoms with Crippen LogP contribution in [0, 0.1) is 35.5 Å². The SMILES string of the molecule is CC[C@@H]1C2CCC[C@H]3C[C@@H](c4nc5ccc(C6=CC7=CCC=C6CCc6ccc(c(-c8ccc9nc([C@@H]%10C[C@@H]%11CCCC%12C%11N%10C(=O)[C@@H](NC(=O)OC)[C@@H]%12CC)[nH]c9c8)c6)CC7)cc5[nH]4)N(C(=O)[C@H]1NC(=O)OC)C23. The zero-order chi connectivity index (χ0) is 51.2. The number of ether oxygens (including phenoxy) is 2. The molecule has 5 aliphatic carbocycles. The summed E-state index contributed by atoms with van der Waals surface area (Å²) in [5.41, 5.74) is 13.8. The van der Waals surface area contributed by atoms with Gasteiger partial charge in [0.05, 0.1) is 48.4 Å². The lowest BCUT2D eigenvalue weighted by Gasteiger charge is -2.50. The Labute approximate surface area is 438 Å². The number of imidazole rings is 2.